The molecule has 1 aliphatic rings. The van der Waals surface area contributed by atoms with Crippen molar-refractivity contribution >= 4 is 18.2 Å². The highest BCUT2D eigenvalue weighted by Gasteiger charge is 2.58. The lowest BCUT2D eigenvalue weighted by molar-refractivity contribution is -0.118. The van der Waals surface area contributed by atoms with Crippen LogP contribution in [0.25, 0.3) is 0 Å². The van der Waals surface area contributed by atoms with Crippen LogP contribution in [0.2, 0.25) is 0 Å². The molecule has 1 saturated heterocycles. The van der Waals surface area contributed by atoms with Crippen LogP contribution in [0.4, 0.5) is 10.6 Å². The van der Waals surface area contributed by atoms with Crippen LogP contribution >= 0.6 is 0 Å². The molecule has 2 heterocycles. The summed E-state index contributed by atoms with van der Waals surface area (Å²) in [6, 6.07) is 4.92. The average molecular weight is 249 g/mol. The summed E-state index contributed by atoms with van der Waals surface area (Å²) in [7, 11) is 0. The maximum absolute atomic E-state index is 11.9. The monoisotopic (exact) mass is 249 g/mol. The van der Waals surface area contributed by atoms with Crippen molar-refractivity contribution in [1.82, 2.24) is 9.47 Å². The highest BCUT2D eigenvalue weighted by Crippen LogP contribution is 2.33. The highest BCUT2D eigenvalue weighted by molar-refractivity contribution is 5.89. The third-order valence-corrected chi connectivity index (χ3v) is 3.21. The van der Waals surface area contributed by atoms with Gasteiger partial charge in [0.1, 0.15) is 0 Å². The number of aldehydes is 1. The Bertz CT molecular complexity index is 447. The van der Waals surface area contributed by atoms with Crippen molar-refractivity contribution in [3.8, 4) is 0 Å². The molecular weight excluding hydrogens is 232 g/mol. The number of amides is 1. The van der Waals surface area contributed by atoms with Crippen molar-refractivity contribution < 1.29 is 14.3 Å². The lowest BCUT2D eigenvalue weighted by Crippen LogP contribution is -2.71. The predicted octanol–water partition coefficient (Wildman–Crippen LogP) is 2.11. The largest absolute Gasteiger partial charge is 0.530 e. The maximum Gasteiger partial charge on any atom is 0.530 e. The molecule has 1 amide bonds. The zero-order chi connectivity index (χ0) is 13.2. The second kappa shape index (κ2) is 4.86. The smallest absolute Gasteiger partial charge is 0.368 e. The summed E-state index contributed by atoms with van der Waals surface area (Å²) < 4.78 is 4.79. The molecule has 1 unspecified atom stereocenters. The molecule has 0 N–H and O–H groups in total. The van der Waals surface area contributed by atoms with E-state index < -0.39 is 12.1 Å². The summed E-state index contributed by atoms with van der Waals surface area (Å²) in [5.41, 5.74) is 0. The Labute approximate surface area is 106 Å². The number of aromatic nitrogens is 1. The van der Waals surface area contributed by atoms with Crippen molar-refractivity contribution in [2.45, 2.75) is 26.3 Å². The minimum atomic E-state index is -0.429. The molecule has 0 aromatic carbocycles. The lowest BCUT2D eigenvalue weighted by atomic mass is 10.0. The Morgan fingerprint density at radius 3 is 2.67 bits per heavy atom. The van der Waals surface area contributed by atoms with E-state index in [1.165, 1.54) is 0 Å². The third-order valence-electron chi connectivity index (χ3n) is 3.21. The molecule has 5 nitrogen and oxygen atoms in total. The molecular formula is C13H17N2O3+. The second-order valence-electron chi connectivity index (χ2n) is 4.93. The first-order chi connectivity index (χ1) is 8.61. The zero-order valence-corrected chi connectivity index (χ0v) is 10.6. The Hall–Kier alpha value is -1.75. The molecule has 2 atom stereocenters. The summed E-state index contributed by atoms with van der Waals surface area (Å²) in [5.74, 6) is 0.902. The van der Waals surface area contributed by atoms with E-state index in [1.54, 1.807) is 18.3 Å². The molecule has 0 spiro atoms. The molecule has 1 fully saturated rings. The van der Waals surface area contributed by atoms with Gasteiger partial charge in [-0.15, -0.1) is 4.48 Å². The molecule has 0 radical (unpaired) electrons. The maximum atomic E-state index is 11.9. The van der Waals surface area contributed by atoms with Crippen molar-refractivity contribution in [3.63, 3.8) is 0 Å². The predicted molar refractivity (Wildman–Crippen MR) is 66.7 cm³/mol. The number of carbonyl (C=O) groups is 2. The van der Waals surface area contributed by atoms with E-state index in [4.69, 9.17) is 4.74 Å². The van der Waals surface area contributed by atoms with Gasteiger partial charge in [0, 0.05) is 18.7 Å². The van der Waals surface area contributed by atoms with Gasteiger partial charge in [-0.3, -0.25) is 4.79 Å². The van der Waals surface area contributed by atoms with Crippen LogP contribution in [-0.2, 0) is 9.53 Å². The second-order valence-corrected chi connectivity index (χ2v) is 4.93. The zero-order valence-electron chi connectivity index (χ0n) is 10.6. The molecule has 5 heteroatoms. The average Bonchev–Trinajstić information content (AvgIpc) is 2.37. The molecule has 0 saturated carbocycles. The van der Waals surface area contributed by atoms with Crippen LogP contribution < -0.4 is 4.48 Å². The molecule has 0 bridgehead atoms. The fourth-order valence-corrected chi connectivity index (χ4v) is 2.23. The first kappa shape index (κ1) is 12.7. The number of hydrogen-bond donors (Lipinski definition) is 0. The van der Waals surface area contributed by atoms with E-state index in [0.717, 1.165) is 6.29 Å². The summed E-state index contributed by atoms with van der Waals surface area (Å²) in [4.78, 5) is 27.4. The van der Waals surface area contributed by atoms with Gasteiger partial charge >= 0.3 is 6.09 Å². The third kappa shape index (κ3) is 1.90. The number of hydrogen-bond acceptors (Lipinski definition) is 4. The van der Waals surface area contributed by atoms with Crippen LogP contribution in [0.5, 0.6) is 0 Å². The van der Waals surface area contributed by atoms with Gasteiger partial charge in [0.2, 0.25) is 12.5 Å². The molecule has 1 aromatic rings. The van der Waals surface area contributed by atoms with Crippen LogP contribution in [0.3, 0.4) is 0 Å². The van der Waals surface area contributed by atoms with Crippen molar-refractivity contribution in [2.24, 2.45) is 5.92 Å². The molecule has 1 aliphatic heterocycles. The minimum Gasteiger partial charge on any atom is -0.368 e. The van der Waals surface area contributed by atoms with Gasteiger partial charge in [-0.05, 0) is 12.0 Å². The van der Waals surface area contributed by atoms with Crippen molar-refractivity contribution in [1.29, 1.82) is 0 Å². The number of ether oxygens (including phenoxy) is 1. The van der Waals surface area contributed by atoms with Gasteiger partial charge < -0.3 is 4.74 Å². The quantitative estimate of drug-likeness (QED) is 0.592. The fraction of sp³-hybridized carbons (Fsp3) is 0.462. The van der Waals surface area contributed by atoms with Gasteiger partial charge in [-0.25, -0.2) is 4.98 Å². The van der Waals surface area contributed by atoms with Crippen molar-refractivity contribution in [3.05, 3.63) is 24.4 Å². The number of quaternary nitrogens is 1. The number of pyridine rings is 1. The van der Waals surface area contributed by atoms with Gasteiger partial charge in [0.05, 0.1) is 0 Å². The first-order valence-corrected chi connectivity index (χ1v) is 6.03. The summed E-state index contributed by atoms with van der Waals surface area (Å²) >= 11 is 0. The number of nitrogens with zero attached hydrogens (tertiary/aromatic N) is 2. The highest BCUT2D eigenvalue weighted by atomic mass is 16.6. The van der Waals surface area contributed by atoms with E-state index >= 15 is 0 Å². The van der Waals surface area contributed by atoms with E-state index in [0.29, 0.717) is 18.2 Å². The van der Waals surface area contributed by atoms with Crippen LogP contribution in [0.15, 0.2) is 24.4 Å². The SMILES string of the molecule is CC(C)C[C@@H](C=O)[N+]1(c2ccccn2)COC1=O. The fourth-order valence-electron chi connectivity index (χ4n) is 2.23. The molecule has 96 valence electrons. The van der Waals surface area contributed by atoms with Gasteiger partial charge in [0.15, 0.2) is 12.3 Å². The minimum absolute atomic E-state index is 0.109. The number of carbonyl (C=O) groups excluding carboxylic acids is 2. The van der Waals surface area contributed by atoms with Gasteiger partial charge in [-0.1, -0.05) is 19.9 Å². The van der Waals surface area contributed by atoms with Gasteiger partial charge in [-0.2, -0.15) is 4.79 Å². The molecule has 2 rings (SSSR count). The van der Waals surface area contributed by atoms with Crippen molar-refractivity contribution in [2.75, 3.05) is 6.73 Å². The summed E-state index contributed by atoms with van der Waals surface area (Å²) in [5, 5.41) is 0. The normalized spacial score (nSPS) is 24.3. The Morgan fingerprint density at radius 2 is 2.28 bits per heavy atom. The molecule has 0 aliphatic carbocycles. The Balaban J connectivity index is 2.38. The summed E-state index contributed by atoms with van der Waals surface area (Å²) in [6.07, 6.45) is 2.70. The lowest BCUT2D eigenvalue weighted by Gasteiger charge is -2.42. The van der Waals surface area contributed by atoms with E-state index in [9.17, 15) is 9.59 Å². The molecule has 18 heavy (non-hydrogen) atoms. The van der Waals surface area contributed by atoms with Crippen LogP contribution in [0.1, 0.15) is 20.3 Å². The van der Waals surface area contributed by atoms with E-state index in [-0.39, 0.29) is 11.2 Å². The first-order valence-electron chi connectivity index (χ1n) is 6.03. The summed E-state index contributed by atoms with van der Waals surface area (Å²) in [6.45, 7) is 4.24. The van der Waals surface area contributed by atoms with Crippen LogP contribution in [0, 0.1) is 5.92 Å². The van der Waals surface area contributed by atoms with Gasteiger partial charge in [0.25, 0.3) is 0 Å². The topological polar surface area (TPSA) is 56.3 Å². The number of rotatable bonds is 5. The number of cyclic esters (lactones) is 1. The van der Waals surface area contributed by atoms with Crippen LogP contribution in [-0.4, -0.2) is 30.1 Å². The Kier molecular flexibility index (Phi) is 3.43. The Morgan fingerprint density at radius 1 is 1.50 bits per heavy atom. The van der Waals surface area contributed by atoms with E-state index in [1.807, 2.05) is 19.9 Å². The standard InChI is InChI=1S/C13H17N2O3/c1-10(2)7-11(8-16)15(9-18-13(15)17)12-5-3-4-6-14-12/h3-6,8,10-11H,7,9H2,1-2H3/q+1/t11-,15?/m0/s1. The van der Waals surface area contributed by atoms with E-state index in [2.05, 4.69) is 4.98 Å². The molecule has 1 aromatic heterocycles.